The van der Waals surface area contributed by atoms with Crippen LogP contribution in [0.3, 0.4) is 0 Å². The molecule has 0 amide bonds. The van der Waals surface area contributed by atoms with Crippen molar-refractivity contribution in [2.45, 2.75) is 0 Å². The van der Waals surface area contributed by atoms with Gasteiger partial charge >= 0.3 is 24.1 Å². The molecule has 0 fully saturated rings. The lowest BCUT2D eigenvalue weighted by atomic mass is 9.92. The smallest absolute Gasteiger partial charge is 0.462 e. The Morgan fingerprint density at radius 3 is 1.32 bits per heavy atom. The average molecular weight is 356 g/mol. The second kappa shape index (κ2) is 11.4. The molecule has 0 radical (unpaired) electrons. The quantitative estimate of drug-likeness (QED) is 0.303. The van der Waals surface area contributed by atoms with Gasteiger partial charge in [-0.15, -0.1) is 0 Å². The molecule has 0 unspecified atom stereocenters. The Balaban J connectivity index is 5.33. The summed E-state index contributed by atoms with van der Waals surface area (Å²) in [4.78, 5) is 45.2. The van der Waals surface area contributed by atoms with Crippen LogP contribution in [-0.4, -0.2) is 57.6 Å². The molecule has 0 saturated carbocycles. The molecule has 0 rings (SSSR count). The van der Waals surface area contributed by atoms with Crippen molar-refractivity contribution in [3.8, 4) is 0 Å². The number of ether oxygens (including phenoxy) is 5. The van der Waals surface area contributed by atoms with Crippen molar-refractivity contribution in [2.24, 2.45) is 5.41 Å². The summed E-state index contributed by atoms with van der Waals surface area (Å²) in [5.41, 5.74) is -1.37. The van der Waals surface area contributed by atoms with Crippen molar-refractivity contribution in [1.82, 2.24) is 0 Å². The first-order valence-electron chi connectivity index (χ1n) is 6.91. The van der Waals surface area contributed by atoms with Gasteiger partial charge < -0.3 is 23.7 Å². The first kappa shape index (κ1) is 21.9. The minimum Gasteiger partial charge on any atom is -0.462 e. The highest BCUT2D eigenvalue weighted by Crippen LogP contribution is 2.21. The van der Waals surface area contributed by atoms with E-state index in [1.165, 1.54) is 0 Å². The Morgan fingerprint density at radius 1 is 0.720 bits per heavy atom. The summed E-state index contributed by atoms with van der Waals surface area (Å²) in [6.07, 6.45) is 1.72. The zero-order chi connectivity index (χ0) is 19.3. The van der Waals surface area contributed by atoms with Gasteiger partial charge in [0.05, 0.1) is 7.11 Å². The van der Waals surface area contributed by atoms with E-state index in [1.54, 1.807) is 0 Å². The summed E-state index contributed by atoms with van der Waals surface area (Å²) < 4.78 is 24.0. The summed E-state index contributed by atoms with van der Waals surface area (Å²) in [5.74, 6) is -2.31. The van der Waals surface area contributed by atoms with E-state index in [0.29, 0.717) is 0 Å². The van der Waals surface area contributed by atoms with E-state index in [0.717, 1.165) is 25.3 Å². The number of esters is 3. The minimum absolute atomic E-state index is 0.399. The third-order valence-electron chi connectivity index (χ3n) is 2.72. The van der Waals surface area contributed by atoms with Gasteiger partial charge in [-0.05, 0) is 0 Å². The fourth-order valence-corrected chi connectivity index (χ4v) is 1.37. The molecule has 0 aromatic heterocycles. The highest BCUT2D eigenvalue weighted by Gasteiger charge is 2.37. The Bertz CT molecular complexity index is 476. The maximum atomic E-state index is 11.3. The molecule has 0 aliphatic carbocycles. The number of hydrogen-bond acceptors (Lipinski definition) is 9. The number of carbonyl (C=O) groups is 4. The molecule has 9 heteroatoms. The van der Waals surface area contributed by atoms with Gasteiger partial charge in [0, 0.05) is 18.2 Å². The van der Waals surface area contributed by atoms with Crippen LogP contribution < -0.4 is 0 Å². The molecule has 0 aromatic rings. The maximum absolute atomic E-state index is 11.3. The number of hydrogen-bond donors (Lipinski definition) is 0. The van der Waals surface area contributed by atoms with E-state index in [2.05, 4.69) is 24.5 Å². The molecule has 9 nitrogen and oxygen atoms in total. The van der Waals surface area contributed by atoms with Crippen LogP contribution in [0.1, 0.15) is 0 Å². The topological polar surface area (TPSA) is 114 Å². The summed E-state index contributed by atoms with van der Waals surface area (Å²) in [6, 6.07) is 0. The standard InChI is InChI=1S/C16H20O9/c1-5-12(17)22-8-16(9-23-13(18)6-2,10-24-14(19)7-3)11-25-15(20)21-4/h5-7H,1-3,8-11H2,4H3. The normalized spacial score (nSPS) is 9.96. The molecular weight excluding hydrogens is 336 g/mol. The zero-order valence-electron chi connectivity index (χ0n) is 13.9. The van der Waals surface area contributed by atoms with Crippen molar-refractivity contribution in [3.05, 3.63) is 38.0 Å². The van der Waals surface area contributed by atoms with Gasteiger partial charge in [0.2, 0.25) is 0 Å². The van der Waals surface area contributed by atoms with Crippen LogP contribution in [0.4, 0.5) is 4.79 Å². The van der Waals surface area contributed by atoms with Crippen molar-refractivity contribution < 1.29 is 42.9 Å². The lowest BCUT2D eigenvalue weighted by molar-refractivity contribution is -0.159. The van der Waals surface area contributed by atoms with Gasteiger partial charge in [-0.3, -0.25) is 0 Å². The Hall–Kier alpha value is -3.10. The second-order valence-electron chi connectivity index (χ2n) is 4.68. The Morgan fingerprint density at radius 2 is 1.04 bits per heavy atom. The average Bonchev–Trinajstić information content (AvgIpc) is 2.65. The first-order valence-corrected chi connectivity index (χ1v) is 6.91. The largest absolute Gasteiger partial charge is 0.508 e. The van der Waals surface area contributed by atoms with E-state index in [-0.39, 0.29) is 0 Å². The second-order valence-corrected chi connectivity index (χ2v) is 4.68. The van der Waals surface area contributed by atoms with E-state index < -0.39 is 55.9 Å². The van der Waals surface area contributed by atoms with Crippen LogP contribution in [0.2, 0.25) is 0 Å². The number of methoxy groups -OCH3 is 1. The predicted octanol–water partition coefficient (Wildman–Crippen LogP) is 0.943. The third-order valence-corrected chi connectivity index (χ3v) is 2.72. The SMILES string of the molecule is C=CC(=O)OCC(COC(=O)C=C)(COC(=O)C=C)COC(=O)OC. The molecule has 0 heterocycles. The van der Waals surface area contributed by atoms with Gasteiger partial charge in [0.25, 0.3) is 0 Å². The van der Waals surface area contributed by atoms with E-state index >= 15 is 0 Å². The highest BCUT2D eigenvalue weighted by molar-refractivity contribution is 5.82. The van der Waals surface area contributed by atoms with Crippen molar-refractivity contribution in [3.63, 3.8) is 0 Å². The summed E-state index contributed by atoms with van der Waals surface area (Å²) >= 11 is 0. The van der Waals surface area contributed by atoms with Gasteiger partial charge in [-0.2, -0.15) is 0 Å². The van der Waals surface area contributed by atoms with E-state index in [1.807, 2.05) is 0 Å². The van der Waals surface area contributed by atoms with Crippen molar-refractivity contribution in [2.75, 3.05) is 33.5 Å². The molecule has 0 N–H and O–H groups in total. The summed E-state index contributed by atoms with van der Waals surface area (Å²) in [5, 5.41) is 0. The monoisotopic (exact) mass is 356 g/mol. The van der Waals surface area contributed by atoms with Crippen molar-refractivity contribution in [1.29, 1.82) is 0 Å². The minimum atomic E-state index is -1.37. The van der Waals surface area contributed by atoms with Gasteiger partial charge in [0.15, 0.2) is 0 Å². The first-order chi connectivity index (χ1) is 11.8. The molecule has 0 bridgehead atoms. The molecule has 25 heavy (non-hydrogen) atoms. The van der Waals surface area contributed by atoms with Crippen LogP contribution >= 0.6 is 0 Å². The molecule has 0 atom stereocenters. The van der Waals surface area contributed by atoms with Gasteiger partial charge in [-0.1, -0.05) is 19.7 Å². The molecule has 0 aromatic carbocycles. The molecule has 0 aliphatic rings. The van der Waals surface area contributed by atoms with Gasteiger partial charge in [-0.25, -0.2) is 19.2 Å². The van der Waals surface area contributed by atoms with Crippen LogP contribution in [0, 0.1) is 5.41 Å². The van der Waals surface area contributed by atoms with Gasteiger partial charge in [0.1, 0.15) is 31.8 Å². The summed E-state index contributed by atoms with van der Waals surface area (Å²) in [6.45, 7) is 8.11. The highest BCUT2D eigenvalue weighted by atomic mass is 16.7. The Kier molecular flexibility index (Phi) is 10.0. The van der Waals surface area contributed by atoms with E-state index in [9.17, 15) is 19.2 Å². The fourth-order valence-electron chi connectivity index (χ4n) is 1.37. The van der Waals surface area contributed by atoms with Crippen molar-refractivity contribution >= 4 is 24.1 Å². The molecular formula is C16H20O9. The molecule has 138 valence electrons. The lowest BCUT2D eigenvalue weighted by Crippen LogP contribution is -2.43. The zero-order valence-corrected chi connectivity index (χ0v) is 13.9. The molecule has 0 spiro atoms. The maximum Gasteiger partial charge on any atom is 0.508 e. The lowest BCUT2D eigenvalue weighted by Gasteiger charge is -2.30. The summed E-state index contributed by atoms with van der Waals surface area (Å²) in [7, 11) is 1.09. The number of rotatable bonds is 11. The molecule has 0 saturated heterocycles. The third kappa shape index (κ3) is 8.94. The van der Waals surface area contributed by atoms with Crippen LogP contribution in [0.25, 0.3) is 0 Å². The Labute approximate surface area is 144 Å². The van der Waals surface area contributed by atoms with Crippen LogP contribution in [-0.2, 0) is 38.1 Å². The fraction of sp³-hybridized carbons (Fsp3) is 0.375. The molecule has 0 aliphatic heterocycles. The van der Waals surface area contributed by atoms with Crippen LogP contribution in [0.15, 0.2) is 38.0 Å². The van der Waals surface area contributed by atoms with Crippen LogP contribution in [0.5, 0.6) is 0 Å². The van der Waals surface area contributed by atoms with E-state index in [4.69, 9.17) is 18.9 Å². The number of carbonyl (C=O) groups excluding carboxylic acids is 4. The predicted molar refractivity (Wildman–Crippen MR) is 84.3 cm³/mol.